The molecule has 0 bridgehead atoms. The molecule has 0 aliphatic carbocycles. The number of esters is 1. The van der Waals surface area contributed by atoms with Gasteiger partial charge in [-0.05, 0) is 56.9 Å². The highest BCUT2D eigenvalue weighted by molar-refractivity contribution is 5.97. The maximum Gasteiger partial charge on any atom is 0.339 e. The topological polar surface area (TPSA) is 79.4 Å². The normalized spacial score (nSPS) is 11.5. The van der Waals surface area contributed by atoms with Gasteiger partial charge in [-0.3, -0.25) is 4.57 Å². The third kappa shape index (κ3) is 5.83. The third-order valence-corrected chi connectivity index (χ3v) is 5.29. The molecule has 0 amide bonds. The first-order valence-electron chi connectivity index (χ1n) is 11.7. The Hall–Kier alpha value is -3.19. The first-order valence-corrected chi connectivity index (χ1v) is 11.7. The van der Waals surface area contributed by atoms with Crippen LogP contribution >= 0.6 is 0 Å². The fourth-order valence-corrected chi connectivity index (χ4v) is 3.78. The number of benzene rings is 2. The van der Waals surface area contributed by atoms with Crippen LogP contribution in [0.1, 0.15) is 68.3 Å². The lowest BCUT2D eigenvalue weighted by atomic mass is 9.97. The molecule has 0 atom stereocenters. The van der Waals surface area contributed by atoms with Gasteiger partial charge in [-0.2, -0.15) is 4.98 Å². The molecule has 0 spiro atoms. The summed E-state index contributed by atoms with van der Waals surface area (Å²) >= 11 is 0. The molecule has 3 aromatic rings. The molecule has 0 unspecified atom stereocenters. The summed E-state index contributed by atoms with van der Waals surface area (Å²) in [5, 5.41) is 0. The van der Waals surface area contributed by atoms with Crippen molar-refractivity contribution in [1.29, 1.82) is 0 Å². The van der Waals surface area contributed by atoms with Crippen molar-refractivity contribution in [2.75, 3.05) is 6.61 Å². The number of nitrogens with two attached hydrogens (primary N) is 1. The molecular weight excluding hydrogens is 433 g/mol. The van der Waals surface area contributed by atoms with Crippen LogP contribution in [0.4, 0.5) is 4.39 Å². The van der Waals surface area contributed by atoms with Crippen molar-refractivity contribution in [2.24, 2.45) is 5.73 Å². The van der Waals surface area contributed by atoms with Crippen LogP contribution in [0.5, 0.6) is 6.01 Å². The van der Waals surface area contributed by atoms with E-state index < -0.39 is 17.4 Å². The van der Waals surface area contributed by atoms with Gasteiger partial charge in [0.2, 0.25) is 0 Å². The van der Waals surface area contributed by atoms with Crippen LogP contribution < -0.4 is 10.5 Å². The molecule has 182 valence electrons. The molecule has 1 heterocycles. The van der Waals surface area contributed by atoms with Crippen LogP contribution in [0.2, 0.25) is 0 Å². The molecule has 2 aromatic carbocycles. The lowest BCUT2D eigenvalue weighted by Crippen LogP contribution is -2.24. The van der Waals surface area contributed by atoms with E-state index in [2.05, 4.69) is 4.98 Å². The maximum atomic E-state index is 15.3. The first-order chi connectivity index (χ1) is 16.2. The number of nitrogens with zero attached hydrogens (tertiary/aromatic N) is 2. The minimum absolute atomic E-state index is 0.315. The number of hydrogen-bond donors (Lipinski definition) is 1. The number of hydrogen-bond acceptors (Lipinski definition) is 5. The molecule has 0 saturated heterocycles. The van der Waals surface area contributed by atoms with Gasteiger partial charge in [0.15, 0.2) is 0 Å². The highest BCUT2D eigenvalue weighted by atomic mass is 19.1. The predicted octanol–water partition coefficient (Wildman–Crippen LogP) is 5.50. The first kappa shape index (κ1) is 25.4. The Balaban J connectivity index is 1.95. The summed E-state index contributed by atoms with van der Waals surface area (Å²) in [6.07, 6.45) is 1.59. The number of aryl methyl sites for hydroxylation is 1. The summed E-state index contributed by atoms with van der Waals surface area (Å²) < 4.78 is 28.6. The molecular formula is C27H34FN3O3. The average molecular weight is 468 g/mol. The van der Waals surface area contributed by atoms with Gasteiger partial charge in [-0.1, -0.05) is 44.2 Å². The molecule has 0 saturated carbocycles. The van der Waals surface area contributed by atoms with Crippen LogP contribution in [0.15, 0.2) is 42.5 Å². The van der Waals surface area contributed by atoms with E-state index in [1.807, 2.05) is 24.5 Å². The number of rotatable bonds is 9. The number of carbonyl (C=O) groups excluding carboxylic acids is 1. The number of imidazole rings is 1. The summed E-state index contributed by atoms with van der Waals surface area (Å²) in [5.41, 5.74) is 9.03. The van der Waals surface area contributed by atoms with Crippen LogP contribution in [0.3, 0.4) is 0 Å². The van der Waals surface area contributed by atoms with Gasteiger partial charge in [0.25, 0.3) is 6.01 Å². The summed E-state index contributed by atoms with van der Waals surface area (Å²) in [6, 6.07) is 12.4. The third-order valence-electron chi connectivity index (χ3n) is 5.29. The summed E-state index contributed by atoms with van der Waals surface area (Å²) in [5.74, 6) is -0.906. The van der Waals surface area contributed by atoms with Crippen molar-refractivity contribution < 1.29 is 18.7 Å². The average Bonchev–Trinajstić information content (AvgIpc) is 3.13. The molecule has 0 aliphatic heterocycles. The second-order valence-electron chi connectivity index (χ2n) is 9.14. The van der Waals surface area contributed by atoms with Crippen LogP contribution in [0.25, 0.3) is 11.1 Å². The van der Waals surface area contributed by atoms with Gasteiger partial charge in [0.1, 0.15) is 11.4 Å². The Morgan fingerprint density at radius 2 is 1.85 bits per heavy atom. The molecule has 3 rings (SSSR count). The highest BCUT2D eigenvalue weighted by Gasteiger charge is 2.22. The van der Waals surface area contributed by atoms with Crippen LogP contribution in [-0.2, 0) is 24.2 Å². The smallest absolute Gasteiger partial charge is 0.339 e. The molecule has 2 N–H and O–H groups in total. The quantitative estimate of drug-likeness (QED) is 0.420. The molecule has 7 heteroatoms. The van der Waals surface area contributed by atoms with Crippen LogP contribution in [-0.4, -0.2) is 27.7 Å². The number of carbonyl (C=O) groups is 1. The zero-order valence-electron chi connectivity index (χ0n) is 20.7. The molecule has 1 aromatic heterocycles. The van der Waals surface area contributed by atoms with E-state index in [0.717, 1.165) is 29.8 Å². The zero-order chi connectivity index (χ0) is 24.9. The Bertz CT molecular complexity index is 1150. The largest absolute Gasteiger partial charge is 0.465 e. The Morgan fingerprint density at radius 1 is 1.12 bits per heavy atom. The van der Waals surface area contributed by atoms with Crippen molar-refractivity contribution in [3.8, 4) is 17.1 Å². The molecule has 0 fully saturated rings. The Kier molecular flexibility index (Phi) is 8.10. The van der Waals surface area contributed by atoms with E-state index in [4.69, 9.17) is 15.2 Å². The van der Waals surface area contributed by atoms with E-state index in [0.29, 0.717) is 42.4 Å². The minimum Gasteiger partial charge on any atom is -0.465 e. The lowest BCUT2D eigenvalue weighted by molar-refractivity contribution is 0.00704. The molecule has 0 radical (unpaired) electrons. The second kappa shape index (κ2) is 10.8. The summed E-state index contributed by atoms with van der Waals surface area (Å²) in [7, 11) is 0. The van der Waals surface area contributed by atoms with Gasteiger partial charge in [-0.15, -0.1) is 0 Å². The van der Waals surface area contributed by atoms with Gasteiger partial charge < -0.3 is 15.2 Å². The van der Waals surface area contributed by atoms with E-state index >= 15 is 4.39 Å². The number of ether oxygens (including phenoxy) is 2. The van der Waals surface area contributed by atoms with Crippen molar-refractivity contribution in [3.63, 3.8) is 0 Å². The van der Waals surface area contributed by atoms with Gasteiger partial charge >= 0.3 is 5.97 Å². The highest BCUT2D eigenvalue weighted by Crippen LogP contribution is 2.29. The van der Waals surface area contributed by atoms with E-state index in [1.165, 1.54) is 6.07 Å². The maximum absolute atomic E-state index is 15.3. The minimum atomic E-state index is -0.646. The summed E-state index contributed by atoms with van der Waals surface area (Å²) in [6.45, 7) is 10.7. The van der Waals surface area contributed by atoms with Crippen molar-refractivity contribution in [3.05, 3.63) is 70.8 Å². The molecule has 0 aliphatic rings. The lowest BCUT2D eigenvalue weighted by Gasteiger charge is -2.20. The fourth-order valence-electron chi connectivity index (χ4n) is 3.78. The van der Waals surface area contributed by atoms with E-state index in [1.54, 1.807) is 51.1 Å². The second-order valence-corrected chi connectivity index (χ2v) is 9.14. The van der Waals surface area contributed by atoms with Gasteiger partial charge in [0, 0.05) is 12.1 Å². The van der Waals surface area contributed by atoms with Crippen molar-refractivity contribution >= 4 is 5.97 Å². The predicted molar refractivity (Wildman–Crippen MR) is 131 cm³/mol. The van der Waals surface area contributed by atoms with Crippen LogP contribution in [0, 0.1) is 5.82 Å². The van der Waals surface area contributed by atoms with E-state index in [-0.39, 0.29) is 0 Å². The standard InChI is InChI=1S/C27H34FN3O3/c1-6-14-33-26-30-23(7-2)24(16-29)31(26)17-18-12-13-20(22(28)15-18)19-10-8-9-11-21(19)25(32)34-27(3,4)5/h8-13,15H,6-7,14,16-17,29H2,1-5H3. The monoisotopic (exact) mass is 467 g/mol. The zero-order valence-corrected chi connectivity index (χ0v) is 20.7. The number of aromatic nitrogens is 2. The fraction of sp³-hybridized carbons (Fsp3) is 0.407. The molecule has 6 nitrogen and oxygen atoms in total. The number of halogens is 1. The van der Waals surface area contributed by atoms with E-state index in [9.17, 15) is 4.79 Å². The van der Waals surface area contributed by atoms with Crippen molar-refractivity contribution in [2.45, 2.75) is 66.2 Å². The van der Waals surface area contributed by atoms with Gasteiger partial charge in [-0.25, -0.2) is 9.18 Å². The Morgan fingerprint density at radius 3 is 2.47 bits per heavy atom. The molecule has 34 heavy (non-hydrogen) atoms. The SMILES string of the molecule is CCCOc1nc(CC)c(CN)n1Cc1ccc(-c2ccccc2C(=O)OC(C)(C)C)c(F)c1. The van der Waals surface area contributed by atoms with Gasteiger partial charge in [0.05, 0.1) is 30.1 Å². The Labute approximate surface area is 200 Å². The summed E-state index contributed by atoms with van der Waals surface area (Å²) in [4.78, 5) is 17.3. The van der Waals surface area contributed by atoms with Crippen molar-refractivity contribution in [1.82, 2.24) is 9.55 Å².